The lowest BCUT2D eigenvalue weighted by atomic mass is 10.0. The smallest absolute Gasteiger partial charge is 0.305 e. The molecule has 4 heteroatoms. The van der Waals surface area contributed by atoms with Crippen molar-refractivity contribution < 1.29 is 19.1 Å². The molecule has 0 spiro atoms. The van der Waals surface area contributed by atoms with Crippen LogP contribution in [0.1, 0.15) is 56.3 Å². The van der Waals surface area contributed by atoms with E-state index >= 15 is 0 Å². The highest BCUT2D eigenvalue weighted by molar-refractivity contribution is 5.96. The minimum absolute atomic E-state index is 0.0981. The minimum Gasteiger partial charge on any atom is -0.494 e. The Hall–Kier alpha value is -1.84. The fourth-order valence-corrected chi connectivity index (χ4v) is 1.89. The number of Topliss-reactive ketones (excluding diaryl/α,β-unsaturated/α-hetero) is 1. The Morgan fingerprint density at radius 2 is 1.67 bits per heavy atom. The number of benzene rings is 1. The normalized spacial score (nSPS) is 10.2. The largest absolute Gasteiger partial charge is 0.494 e. The van der Waals surface area contributed by atoms with Gasteiger partial charge in [-0.15, -0.1) is 0 Å². The maximum atomic E-state index is 12.0. The summed E-state index contributed by atoms with van der Waals surface area (Å²) in [5, 5.41) is 0. The van der Waals surface area contributed by atoms with Gasteiger partial charge in [0.1, 0.15) is 5.75 Å². The van der Waals surface area contributed by atoms with E-state index in [-0.39, 0.29) is 11.8 Å². The Bertz CT molecular complexity index is 437. The summed E-state index contributed by atoms with van der Waals surface area (Å²) in [6, 6.07) is 7.22. The number of hydrogen-bond donors (Lipinski definition) is 0. The van der Waals surface area contributed by atoms with Crippen LogP contribution in [0, 0.1) is 0 Å². The van der Waals surface area contributed by atoms with E-state index in [1.807, 2.05) is 19.1 Å². The second-order valence-electron chi connectivity index (χ2n) is 4.81. The molecule has 0 heterocycles. The van der Waals surface area contributed by atoms with Crippen molar-refractivity contribution in [2.45, 2.75) is 46.0 Å². The van der Waals surface area contributed by atoms with Gasteiger partial charge in [0.15, 0.2) is 5.78 Å². The Morgan fingerprint density at radius 3 is 2.29 bits per heavy atom. The lowest BCUT2D eigenvalue weighted by Crippen LogP contribution is -2.04. The molecule has 1 aromatic rings. The molecule has 0 fully saturated rings. The fourth-order valence-electron chi connectivity index (χ4n) is 1.89. The van der Waals surface area contributed by atoms with Gasteiger partial charge in [-0.2, -0.15) is 0 Å². The summed E-state index contributed by atoms with van der Waals surface area (Å²) in [5.74, 6) is 0.694. The van der Waals surface area contributed by atoms with Crippen molar-refractivity contribution in [1.29, 1.82) is 0 Å². The quantitative estimate of drug-likeness (QED) is 0.374. The monoisotopic (exact) mass is 292 g/mol. The first-order chi connectivity index (χ1) is 10.2. The van der Waals surface area contributed by atoms with Crippen molar-refractivity contribution in [1.82, 2.24) is 0 Å². The molecule has 0 aliphatic rings. The van der Waals surface area contributed by atoms with E-state index in [1.165, 1.54) is 0 Å². The average Bonchev–Trinajstić information content (AvgIpc) is 2.50. The number of rotatable bonds is 10. The average molecular weight is 292 g/mol. The van der Waals surface area contributed by atoms with Crippen molar-refractivity contribution in [3.05, 3.63) is 29.8 Å². The van der Waals surface area contributed by atoms with Crippen molar-refractivity contribution in [3.8, 4) is 5.75 Å². The molecule has 1 rings (SSSR count). The Morgan fingerprint density at radius 1 is 1.00 bits per heavy atom. The Kier molecular flexibility index (Phi) is 8.17. The molecule has 0 unspecified atom stereocenters. The summed E-state index contributed by atoms with van der Waals surface area (Å²) in [5.41, 5.74) is 0.690. The van der Waals surface area contributed by atoms with Crippen LogP contribution >= 0.6 is 0 Å². The Balaban J connectivity index is 2.30. The van der Waals surface area contributed by atoms with Crippen LogP contribution in [0.5, 0.6) is 5.75 Å². The lowest BCUT2D eigenvalue weighted by molar-refractivity contribution is -0.143. The van der Waals surface area contributed by atoms with Gasteiger partial charge in [-0.1, -0.05) is 6.92 Å². The molecule has 0 aliphatic carbocycles. The molecule has 0 atom stereocenters. The van der Waals surface area contributed by atoms with Crippen LogP contribution in [0.3, 0.4) is 0 Å². The zero-order chi connectivity index (χ0) is 15.5. The van der Waals surface area contributed by atoms with Crippen LogP contribution in [-0.4, -0.2) is 25.0 Å². The van der Waals surface area contributed by atoms with E-state index in [2.05, 4.69) is 0 Å². The molecular weight excluding hydrogens is 268 g/mol. The first kappa shape index (κ1) is 17.2. The molecular formula is C17H24O4. The van der Waals surface area contributed by atoms with Gasteiger partial charge in [-0.25, -0.2) is 0 Å². The van der Waals surface area contributed by atoms with Crippen molar-refractivity contribution in [3.63, 3.8) is 0 Å². The summed E-state index contributed by atoms with van der Waals surface area (Å²) in [6.07, 6.45) is 3.18. The molecule has 21 heavy (non-hydrogen) atoms. The number of carbonyl (C=O) groups is 2. The standard InChI is InChI=1S/C17H24O4/c1-3-13-21-15-11-9-14(10-12-15)16(18)7-5-6-8-17(19)20-4-2/h9-12H,3-8,13H2,1-2H3. The van der Waals surface area contributed by atoms with Crippen LogP contribution < -0.4 is 4.74 Å². The molecule has 0 saturated carbocycles. The number of ether oxygens (including phenoxy) is 2. The zero-order valence-electron chi connectivity index (χ0n) is 12.9. The third kappa shape index (κ3) is 6.93. The van der Waals surface area contributed by atoms with Crippen molar-refractivity contribution in [2.24, 2.45) is 0 Å². The van der Waals surface area contributed by atoms with Crippen LogP contribution in [-0.2, 0) is 9.53 Å². The van der Waals surface area contributed by atoms with Crippen LogP contribution in [0.25, 0.3) is 0 Å². The first-order valence-corrected chi connectivity index (χ1v) is 7.59. The van der Waals surface area contributed by atoms with Crippen molar-refractivity contribution in [2.75, 3.05) is 13.2 Å². The van der Waals surface area contributed by atoms with E-state index < -0.39 is 0 Å². The van der Waals surface area contributed by atoms with E-state index in [1.54, 1.807) is 19.1 Å². The van der Waals surface area contributed by atoms with Gasteiger partial charge in [-0.3, -0.25) is 9.59 Å². The van der Waals surface area contributed by atoms with Gasteiger partial charge in [0.2, 0.25) is 0 Å². The predicted molar refractivity (Wildman–Crippen MR) is 81.7 cm³/mol. The van der Waals surface area contributed by atoms with Gasteiger partial charge in [0.25, 0.3) is 0 Å². The summed E-state index contributed by atoms with van der Waals surface area (Å²) in [6.45, 7) is 4.93. The number of ketones is 1. The fraction of sp³-hybridized carbons (Fsp3) is 0.529. The summed E-state index contributed by atoms with van der Waals surface area (Å²) in [4.78, 5) is 23.1. The van der Waals surface area contributed by atoms with Crippen molar-refractivity contribution >= 4 is 11.8 Å². The van der Waals surface area contributed by atoms with E-state index in [4.69, 9.17) is 9.47 Å². The van der Waals surface area contributed by atoms with E-state index in [9.17, 15) is 9.59 Å². The van der Waals surface area contributed by atoms with E-state index in [0.717, 1.165) is 12.2 Å². The lowest BCUT2D eigenvalue weighted by Gasteiger charge is -2.06. The minimum atomic E-state index is -0.192. The third-order valence-corrected chi connectivity index (χ3v) is 2.99. The number of esters is 1. The molecule has 0 amide bonds. The Labute approximate surface area is 126 Å². The number of carbonyl (C=O) groups excluding carboxylic acids is 2. The SMILES string of the molecule is CCCOc1ccc(C(=O)CCCCC(=O)OCC)cc1. The molecule has 0 radical (unpaired) electrons. The third-order valence-electron chi connectivity index (χ3n) is 2.99. The maximum Gasteiger partial charge on any atom is 0.305 e. The highest BCUT2D eigenvalue weighted by Crippen LogP contribution is 2.15. The molecule has 0 bridgehead atoms. The van der Waals surface area contributed by atoms with Gasteiger partial charge < -0.3 is 9.47 Å². The van der Waals surface area contributed by atoms with Crippen LogP contribution in [0.15, 0.2) is 24.3 Å². The number of unbranched alkanes of at least 4 members (excludes halogenated alkanes) is 1. The molecule has 0 N–H and O–H groups in total. The summed E-state index contributed by atoms with van der Waals surface area (Å²) >= 11 is 0. The highest BCUT2D eigenvalue weighted by atomic mass is 16.5. The van der Waals surface area contributed by atoms with Crippen LogP contribution in [0.2, 0.25) is 0 Å². The molecule has 1 aromatic carbocycles. The van der Waals surface area contributed by atoms with Gasteiger partial charge >= 0.3 is 5.97 Å². The molecule has 0 saturated heterocycles. The van der Waals surface area contributed by atoms with Gasteiger partial charge in [0, 0.05) is 18.4 Å². The second-order valence-corrected chi connectivity index (χ2v) is 4.81. The molecule has 4 nitrogen and oxygen atoms in total. The number of hydrogen-bond acceptors (Lipinski definition) is 4. The van der Waals surface area contributed by atoms with E-state index in [0.29, 0.717) is 44.5 Å². The second kappa shape index (κ2) is 9.97. The molecule has 0 aromatic heterocycles. The van der Waals surface area contributed by atoms with Gasteiger partial charge in [-0.05, 0) is 50.5 Å². The molecule has 0 aliphatic heterocycles. The zero-order valence-corrected chi connectivity index (χ0v) is 12.9. The van der Waals surface area contributed by atoms with Gasteiger partial charge in [0.05, 0.1) is 13.2 Å². The van der Waals surface area contributed by atoms with Crippen LogP contribution in [0.4, 0.5) is 0 Å². The topological polar surface area (TPSA) is 52.6 Å². The summed E-state index contributed by atoms with van der Waals surface area (Å²) in [7, 11) is 0. The molecule has 116 valence electrons. The highest BCUT2D eigenvalue weighted by Gasteiger charge is 2.07. The predicted octanol–water partition coefficient (Wildman–Crippen LogP) is 3.78. The summed E-state index contributed by atoms with van der Waals surface area (Å²) < 4.78 is 10.3. The first-order valence-electron chi connectivity index (χ1n) is 7.59. The maximum absolute atomic E-state index is 12.0.